The Balaban J connectivity index is 1.96. The Kier molecular flexibility index (Phi) is 5.38. The smallest absolute Gasteiger partial charge is 0.253 e. The molecule has 0 aliphatic carbocycles. The largest absolute Gasteiger partial charge is 0.366 e. The van der Waals surface area contributed by atoms with Gasteiger partial charge >= 0.3 is 0 Å². The van der Waals surface area contributed by atoms with Gasteiger partial charge < -0.3 is 15.2 Å². The third-order valence-electron chi connectivity index (χ3n) is 4.45. The van der Waals surface area contributed by atoms with Crippen LogP contribution in [0.1, 0.15) is 22.3 Å². The van der Waals surface area contributed by atoms with E-state index in [0.29, 0.717) is 23.8 Å². The van der Waals surface area contributed by atoms with E-state index in [1.54, 1.807) is 7.05 Å². The number of benzene rings is 2. The van der Waals surface area contributed by atoms with Gasteiger partial charge in [0, 0.05) is 19.2 Å². The van der Waals surface area contributed by atoms with E-state index in [0.717, 1.165) is 22.0 Å². The number of hydrogen-bond acceptors (Lipinski definition) is 2. The molecule has 0 saturated carbocycles. The van der Waals surface area contributed by atoms with Gasteiger partial charge in [-0.15, -0.1) is 0 Å². The van der Waals surface area contributed by atoms with Crippen LogP contribution in [0.5, 0.6) is 0 Å². The fourth-order valence-corrected chi connectivity index (χ4v) is 3.35. The van der Waals surface area contributed by atoms with E-state index in [4.69, 9.17) is 12.2 Å². The van der Waals surface area contributed by atoms with E-state index in [-0.39, 0.29) is 5.56 Å². The molecule has 0 aliphatic rings. The van der Waals surface area contributed by atoms with Gasteiger partial charge in [0.2, 0.25) is 0 Å². The predicted molar refractivity (Wildman–Crippen MR) is 111 cm³/mol. The molecule has 1 aromatic heterocycles. The molecule has 2 aromatic carbocycles. The van der Waals surface area contributed by atoms with Crippen LogP contribution in [0.4, 0.5) is 0 Å². The first-order valence-electron chi connectivity index (χ1n) is 8.61. The van der Waals surface area contributed by atoms with Crippen molar-refractivity contribution < 1.29 is 0 Å². The highest BCUT2D eigenvalue weighted by molar-refractivity contribution is 7.80. The number of nitrogens with one attached hydrogen (secondary N) is 2. The van der Waals surface area contributed by atoms with Crippen LogP contribution >= 0.6 is 12.2 Å². The first kappa shape index (κ1) is 18.1. The number of thiocarbonyl (C=S) groups is 1. The second kappa shape index (κ2) is 7.70. The summed E-state index contributed by atoms with van der Waals surface area (Å²) in [6, 6.07) is 16.3. The summed E-state index contributed by atoms with van der Waals surface area (Å²) < 4.78 is 0. The topological polar surface area (TPSA) is 48.1 Å². The second-order valence-corrected chi connectivity index (χ2v) is 6.95. The number of fused-ring (bicyclic) bond motifs is 1. The molecule has 0 bridgehead atoms. The molecule has 0 fully saturated rings. The first-order valence-corrected chi connectivity index (χ1v) is 9.02. The van der Waals surface area contributed by atoms with Crippen molar-refractivity contribution in [2.24, 2.45) is 0 Å². The number of aromatic nitrogens is 1. The van der Waals surface area contributed by atoms with Gasteiger partial charge in [-0.25, -0.2) is 0 Å². The highest BCUT2D eigenvalue weighted by Crippen LogP contribution is 2.19. The molecule has 0 atom stereocenters. The monoisotopic (exact) mass is 365 g/mol. The van der Waals surface area contributed by atoms with Gasteiger partial charge in [-0.2, -0.15) is 0 Å². The van der Waals surface area contributed by atoms with E-state index in [1.165, 1.54) is 5.56 Å². The van der Waals surface area contributed by atoms with Crippen LogP contribution in [-0.4, -0.2) is 22.0 Å². The van der Waals surface area contributed by atoms with Crippen LogP contribution in [0.2, 0.25) is 0 Å². The fraction of sp³-hybridized carbons (Fsp3) is 0.238. The summed E-state index contributed by atoms with van der Waals surface area (Å²) in [5, 5.41) is 4.69. The molecule has 3 rings (SSSR count). The average molecular weight is 366 g/mol. The molecule has 0 spiro atoms. The Hall–Kier alpha value is -2.66. The molecular formula is C21H23N3OS. The molecular weight excluding hydrogens is 342 g/mol. The second-order valence-electron chi connectivity index (χ2n) is 6.57. The number of nitrogens with zero attached hydrogens (tertiary/aromatic N) is 1. The van der Waals surface area contributed by atoms with Crippen LogP contribution in [0.3, 0.4) is 0 Å². The maximum atomic E-state index is 12.6. The maximum absolute atomic E-state index is 12.6. The number of aromatic amines is 1. The van der Waals surface area contributed by atoms with Gasteiger partial charge in [0.1, 0.15) is 0 Å². The van der Waals surface area contributed by atoms with Crippen LogP contribution in [0, 0.1) is 13.8 Å². The summed E-state index contributed by atoms with van der Waals surface area (Å²) in [5.41, 5.74) is 4.94. The third-order valence-corrected chi connectivity index (χ3v) is 4.91. The molecule has 26 heavy (non-hydrogen) atoms. The molecule has 0 radical (unpaired) electrons. The molecule has 134 valence electrons. The summed E-state index contributed by atoms with van der Waals surface area (Å²) in [4.78, 5) is 17.7. The quantitative estimate of drug-likeness (QED) is 0.693. The van der Waals surface area contributed by atoms with Crippen LogP contribution < -0.4 is 10.9 Å². The van der Waals surface area contributed by atoms with Crippen molar-refractivity contribution in [1.82, 2.24) is 15.2 Å². The highest BCUT2D eigenvalue weighted by Gasteiger charge is 2.13. The van der Waals surface area contributed by atoms with E-state index < -0.39 is 0 Å². The van der Waals surface area contributed by atoms with Gasteiger partial charge in [0.15, 0.2) is 5.11 Å². The molecule has 0 amide bonds. The van der Waals surface area contributed by atoms with Crippen LogP contribution in [-0.2, 0) is 13.1 Å². The van der Waals surface area contributed by atoms with Gasteiger partial charge in [0.05, 0.1) is 12.1 Å². The Bertz CT molecular complexity index is 995. The zero-order chi connectivity index (χ0) is 18.7. The summed E-state index contributed by atoms with van der Waals surface area (Å²) in [6.07, 6.45) is 0. The minimum Gasteiger partial charge on any atom is -0.366 e. The summed E-state index contributed by atoms with van der Waals surface area (Å²) >= 11 is 5.46. The molecule has 0 unspecified atom stereocenters. The summed E-state index contributed by atoms with van der Waals surface area (Å²) in [6.45, 7) is 5.18. The SMILES string of the molecule is CNC(=S)N(Cc1ccccc1)Cc1cc2cc(C)cc(C)c2[nH]c1=O. The van der Waals surface area contributed by atoms with E-state index >= 15 is 0 Å². The fourth-order valence-electron chi connectivity index (χ4n) is 3.22. The van der Waals surface area contributed by atoms with Crippen molar-refractivity contribution in [1.29, 1.82) is 0 Å². The lowest BCUT2D eigenvalue weighted by Crippen LogP contribution is -2.38. The van der Waals surface area contributed by atoms with E-state index in [2.05, 4.69) is 41.5 Å². The van der Waals surface area contributed by atoms with Crippen molar-refractivity contribution in [2.75, 3.05) is 7.05 Å². The number of H-pyrrole nitrogens is 1. The molecule has 3 aromatic rings. The molecule has 5 heteroatoms. The number of aryl methyl sites for hydroxylation is 2. The van der Waals surface area contributed by atoms with Crippen LogP contribution in [0.15, 0.2) is 53.3 Å². The Labute approximate surface area is 158 Å². The Morgan fingerprint density at radius 1 is 1.12 bits per heavy atom. The van der Waals surface area contributed by atoms with Crippen molar-refractivity contribution in [3.8, 4) is 0 Å². The normalized spacial score (nSPS) is 10.7. The van der Waals surface area contributed by atoms with Gasteiger partial charge in [-0.1, -0.05) is 42.0 Å². The van der Waals surface area contributed by atoms with Crippen molar-refractivity contribution in [2.45, 2.75) is 26.9 Å². The number of pyridine rings is 1. The van der Waals surface area contributed by atoms with E-state index in [1.807, 2.05) is 36.1 Å². The average Bonchev–Trinajstić information content (AvgIpc) is 2.62. The molecule has 0 saturated heterocycles. The number of rotatable bonds is 4. The zero-order valence-electron chi connectivity index (χ0n) is 15.3. The van der Waals surface area contributed by atoms with Gasteiger partial charge in [-0.3, -0.25) is 4.79 Å². The molecule has 2 N–H and O–H groups in total. The number of hydrogen-bond donors (Lipinski definition) is 2. The van der Waals surface area contributed by atoms with Gasteiger partial charge in [-0.05, 0) is 54.7 Å². The van der Waals surface area contributed by atoms with Crippen LogP contribution in [0.25, 0.3) is 10.9 Å². The Morgan fingerprint density at radius 3 is 2.54 bits per heavy atom. The molecule has 4 nitrogen and oxygen atoms in total. The van der Waals surface area contributed by atoms with E-state index in [9.17, 15) is 4.79 Å². The third kappa shape index (κ3) is 3.94. The standard InChI is InChI=1S/C21H23N3OS/c1-14-9-15(2)19-17(10-14)11-18(20(25)23-19)13-24(21(26)22-3)12-16-7-5-4-6-8-16/h4-11H,12-13H2,1-3H3,(H,22,26)(H,23,25). The lowest BCUT2D eigenvalue weighted by Gasteiger charge is -2.25. The molecule has 0 aliphatic heterocycles. The summed E-state index contributed by atoms with van der Waals surface area (Å²) in [7, 11) is 1.80. The zero-order valence-corrected chi connectivity index (χ0v) is 16.1. The summed E-state index contributed by atoms with van der Waals surface area (Å²) in [5.74, 6) is 0. The van der Waals surface area contributed by atoms with Gasteiger partial charge in [0.25, 0.3) is 5.56 Å². The minimum atomic E-state index is -0.0681. The van der Waals surface area contributed by atoms with Crippen molar-refractivity contribution in [3.05, 3.63) is 81.1 Å². The predicted octanol–water partition coefficient (Wildman–Crippen LogP) is 3.65. The first-order chi connectivity index (χ1) is 12.5. The lowest BCUT2D eigenvalue weighted by atomic mass is 10.1. The maximum Gasteiger partial charge on any atom is 0.253 e. The molecule has 1 heterocycles. The van der Waals surface area contributed by atoms with Crippen molar-refractivity contribution >= 4 is 28.2 Å². The Morgan fingerprint density at radius 2 is 1.85 bits per heavy atom. The minimum absolute atomic E-state index is 0.0681. The highest BCUT2D eigenvalue weighted by atomic mass is 32.1. The lowest BCUT2D eigenvalue weighted by molar-refractivity contribution is 0.401. The van der Waals surface area contributed by atoms with Crippen molar-refractivity contribution in [3.63, 3.8) is 0 Å².